The van der Waals surface area contributed by atoms with Crippen molar-refractivity contribution in [3.8, 4) is 34.7 Å². The predicted molar refractivity (Wildman–Crippen MR) is 132 cm³/mol. The third kappa shape index (κ3) is 6.56. The molecule has 1 aromatic heterocycles. The Balaban J connectivity index is 0.00000361. The molecule has 0 amide bonds. The van der Waals surface area contributed by atoms with Crippen LogP contribution in [0.15, 0.2) is 40.9 Å². The van der Waals surface area contributed by atoms with E-state index in [4.69, 9.17) is 9.26 Å². The molecule has 1 heterocycles. The quantitative estimate of drug-likeness (QED) is 0.240. The van der Waals surface area contributed by atoms with Crippen molar-refractivity contribution in [2.75, 3.05) is 18.8 Å². The van der Waals surface area contributed by atoms with Crippen molar-refractivity contribution in [2.45, 2.75) is 38.8 Å². The van der Waals surface area contributed by atoms with Crippen LogP contribution in [0.3, 0.4) is 0 Å². The van der Waals surface area contributed by atoms with E-state index in [9.17, 15) is 13.7 Å². The van der Waals surface area contributed by atoms with Crippen LogP contribution in [-0.2, 0) is 16.4 Å². The molecule has 1 aliphatic rings. The van der Waals surface area contributed by atoms with E-state index in [-0.39, 0.29) is 49.0 Å². The van der Waals surface area contributed by atoms with Crippen LogP contribution < -0.4 is 14.8 Å². The Morgan fingerprint density at radius 2 is 2.11 bits per heavy atom. The van der Waals surface area contributed by atoms with Crippen LogP contribution in [0.5, 0.6) is 5.75 Å². The average molecular weight is 733 g/mol. The third-order valence-corrected chi connectivity index (χ3v) is 7.08. The van der Waals surface area contributed by atoms with Crippen molar-refractivity contribution < 1.29 is 48.8 Å². The predicted octanol–water partition coefficient (Wildman–Crippen LogP) is 3.39. The summed E-state index contributed by atoms with van der Waals surface area (Å²) >= 11 is 0. The van der Waals surface area contributed by atoms with Gasteiger partial charge in [-0.3, -0.25) is 0 Å². The second-order valence-corrected chi connectivity index (χ2v) is 10.4. The fourth-order valence-electron chi connectivity index (χ4n) is 4.15. The van der Waals surface area contributed by atoms with E-state index in [1.807, 2.05) is 32.0 Å². The molecule has 0 bridgehead atoms. The summed E-state index contributed by atoms with van der Waals surface area (Å²) in [5.74, 6) is 1.20. The van der Waals surface area contributed by atoms with E-state index < -0.39 is 10.0 Å². The zero-order chi connectivity index (χ0) is 25.0. The number of hydrogen-bond donors (Lipinski definition) is 2. The summed E-state index contributed by atoms with van der Waals surface area (Å²) < 4.78 is 39.0. The van der Waals surface area contributed by atoms with Gasteiger partial charge in [-0.25, -0.2) is 13.1 Å². The van der Waals surface area contributed by atoms with Crippen molar-refractivity contribution in [2.24, 2.45) is 0 Å². The Bertz CT molecular complexity index is 1350. The molecular weight excluding hydrogens is 704 g/mol. The number of nitrogens with one attached hydrogen (secondary N) is 2. The fourth-order valence-corrected chi connectivity index (χ4v) is 5.36. The molecule has 11 heteroatoms. The molecule has 9 nitrogen and oxygen atoms in total. The van der Waals surface area contributed by atoms with Crippen molar-refractivity contribution in [1.29, 1.82) is 5.26 Å². The van der Waals surface area contributed by atoms with Crippen molar-refractivity contribution in [3.63, 3.8) is 0 Å². The van der Waals surface area contributed by atoms with Crippen molar-refractivity contribution >= 4 is 10.0 Å². The maximum Gasteiger partial charge on any atom is 0.258 e. The minimum atomic E-state index is -3.43. The van der Waals surface area contributed by atoms with Gasteiger partial charge in [-0.2, -0.15) is 10.2 Å². The molecular formula is C25H28N5O4SU-. The van der Waals surface area contributed by atoms with E-state index in [0.717, 1.165) is 16.7 Å². The second-order valence-electron chi connectivity index (χ2n) is 8.56. The molecule has 4 rings (SSSR count). The largest absolute Gasteiger partial charge is 0.490 e. The van der Waals surface area contributed by atoms with Gasteiger partial charge >= 0.3 is 0 Å². The van der Waals surface area contributed by atoms with Crippen LogP contribution >= 0.6 is 0 Å². The molecule has 2 aromatic carbocycles. The molecule has 0 radical (unpaired) electrons. The van der Waals surface area contributed by atoms with Gasteiger partial charge in [0.05, 0.1) is 17.4 Å². The molecule has 1 atom stereocenters. The number of benzene rings is 2. The molecule has 0 saturated carbocycles. The number of ether oxygens (including phenoxy) is 1. The molecule has 0 spiro atoms. The van der Waals surface area contributed by atoms with Gasteiger partial charge in [-0.1, -0.05) is 23.4 Å². The van der Waals surface area contributed by atoms with E-state index in [1.54, 1.807) is 18.2 Å². The Labute approximate surface area is 235 Å². The second kappa shape index (κ2) is 12.4. The summed E-state index contributed by atoms with van der Waals surface area (Å²) in [6, 6.07) is 12.7. The number of sulfonamides is 1. The maximum absolute atomic E-state index is 12.5. The van der Waals surface area contributed by atoms with Crippen molar-refractivity contribution in [3.05, 3.63) is 60.0 Å². The van der Waals surface area contributed by atoms with Gasteiger partial charge in [0, 0.05) is 54.8 Å². The number of hydrogen-bond acceptors (Lipinski definition) is 8. The first-order valence-corrected chi connectivity index (χ1v) is 13.1. The molecule has 0 saturated heterocycles. The minimum Gasteiger partial charge on any atom is -0.490 e. The van der Waals surface area contributed by atoms with Gasteiger partial charge in [0.1, 0.15) is 11.8 Å². The topological polar surface area (TPSA) is 130 Å². The average Bonchev–Trinajstić information content (AvgIpc) is 3.47. The van der Waals surface area contributed by atoms with E-state index in [0.29, 0.717) is 54.5 Å². The molecule has 1 aliphatic carbocycles. The van der Waals surface area contributed by atoms with Gasteiger partial charge in [-0.05, 0) is 56.0 Å². The summed E-state index contributed by atoms with van der Waals surface area (Å²) in [5.41, 5.74) is 3.73. The zero-order valence-corrected chi connectivity index (χ0v) is 25.2. The van der Waals surface area contributed by atoms with Gasteiger partial charge < -0.3 is 21.5 Å². The Kier molecular flexibility index (Phi) is 9.74. The van der Waals surface area contributed by atoms with Crippen LogP contribution in [0, 0.1) is 49.4 Å². The first kappa shape index (κ1) is 28.4. The van der Waals surface area contributed by atoms with E-state index in [2.05, 4.69) is 33.2 Å². The van der Waals surface area contributed by atoms with E-state index >= 15 is 0 Å². The smallest absolute Gasteiger partial charge is 0.258 e. The van der Waals surface area contributed by atoms with Crippen LogP contribution in [0.2, 0.25) is 0 Å². The molecule has 188 valence electrons. The molecule has 0 aliphatic heterocycles. The summed E-state index contributed by atoms with van der Waals surface area (Å²) in [7, 11) is -3.43. The number of nitriles is 1. The number of fused-ring (bicyclic) bond motifs is 1. The number of aromatic nitrogens is 2. The monoisotopic (exact) mass is 732 g/mol. The molecule has 2 N–H and O–H groups in total. The van der Waals surface area contributed by atoms with Crippen molar-refractivity contribution in [1.82, 2.24) is 20.2 Å². The summed E-state index contributed by atoms with van der Waals surface area (Å²) in [6.45, 7) is 8.28. The first-order chi connectivity index (χ1) is 16.8. The normalized spacial score (nSPS) is 14.8. The minimum absolute atomic E-state index is 0. The summed E-state index contributed by atoms with van der Waals surface area (Å²) in [6.07, 6.45) is 1.29. The SMILES string of the molecule is [CH2-]CNCCS(=O)(=O)N[C@H]1CCc2c(-c3noc(-c4ccc(OC(C)C)c(C#N)c4)n3)cccc21.[U]. The Morgan fingerprint density at radius 1 is 1.31 bits per heavy atom. The van der Waals surface area contributed by atoms with Crippen LogP contribution in [0.25, 0.3) is 22.8 Å². The number of rotatable bonds is 10. The Hall–Kier alpha value is -2.21. The maximum atomic E-state index is 12.5. The number of nitrogens with zero attached hydrogens (tertiary/aromatic N) is 3. The van der Waals surface area contributed by atoms with Crippen LogP contribution in [0.4, 0.5) is 0 Å². The molecule has 0 unspecified atom stereocenters. The Morgan fingerprint density at radius 3 is 2.83 bits per heavy atom. The fraction of sp³-hybridized carbons (Fsp3) is 0.360. The first-order valence-electron chi connectivity index (χ1n) is 11.5. The zero-order valence-electron chi connectivity index (χ0n) is 20.2. The van der Waals surface area contributed by atoms with Gasteiger partial charge in [0.2, 0.25) is 15.8 Å². The van der Waals surface area contributed by atoms with Gasteiger partial charge in [0.15, 0.2) is 0 Å². The van der Waals surface area contributed by atoms with Crippen LogP contribution in [-0.4, -0.2) is 43.5 Å². The summed E-state index contributed by atoms with van der Waals surface area (Å²) in [4.78, 5) is 4.56. The van der Waals surface area contributed by atoms with Gasteiger partial charge in [0.25, 0.3) is 5.89 Å². The molecule has 0 fully saturated rings. The van der Waals surface area contributed by atoms with E-state index in [1.165, 1.54) is 0 Å². The van der Waals surface area contributed by atoms with Gasteiger partial charge in [-0.15, -0.1) is 6.54 Å². The molecule has 36 heavy (non-hydrogen) atoms. The molecule has 3 aromatic rings. The summed E-state index contributed by atoms with van der Waals surface area (Å²) in [5, 5.41) is 16.6. The third-order valence-electron chi connectivity index (χ3n) is 5.69. The van der Waals surface area contributed by atoms with Crippen LogP contribution in [0.1, 0.15) is 43.0 Å². The standard InChI is InChI=1S/C25H28N5O4S.U/c1-4-27-12-13-35(31,32)30-22-10-9-19-20(22)6-5-7-21(19)24-28-25(34-29-24)17-8-11-23(33-16(2)3)18(14-17)15-26;/h5-8,11,14,16,22,27,30H,1,4,9-10,12-13H2,2-3H3;/q-1;/t22-;/m0./s1.